The number of aromatic nitrogens is 2. The summed E-state index contributed by atoms with van der Waals surface area (Å²) in [5, 5.41) is 2.34. The van der Waals surface area contributed by atoms with E-state index in [9.17, 15) is 0 Å². The Hall–Kier alpha value is -7.37. The van der Waals surface area contributed by atoms with Crippen LogP contribution < -0.4 is 14.5 Å². The minimum Gasteiger partial charge on any atom is -0.457 e. The van der Waals surface area contributed by atoms with Crippen molar-refractivity contribution in [2.75, 3.05) is 16.5 Å². The van der Waals surface area contributed by atoms with Gasteiger partial charge in [-0.3, -0.25) is 4.57 Å². The lowest BCUT2D eigenvalue weighted by Crippen LogP contribution is -2.31. The predicted octanol–water partition coefficient (Wildman–Crippen LogP) is 19.0. The van der Waals surface area contributed by atoms with Crippen molar-refractivity contribution in [2.24, 2.45) is 5.41 Å². The van der Waals surface area contributed by atoms with Gasteiger partial charge in [-0.05, 0) is 128 Å². The van der Waals surface area contributed by atoms with Crippen molar-refractivity contribution in [3.63, 3.8) is 0 Å². The van der Waals surface area contributed by atoms with E-state index in [0.717, 1.165) is 45.0 Å². The number of benzene rings is 7. The molecule has 0 N–H and O–H groups in total. The van der Waals surface area contributed by atoms with Gasteiger partial charge in [0.25, 0.3) is 0 Å². The highest BCUT2D eigenvalue weighted by Crippen LogP contribution is 2.46. The van der Waals surface area contributed by atoms with Crippen LogP contribution in [0.4, 0.5) is 11.4 Å². The van der Waals surface area contributed by atoms with Crippen LogP contribution in [0.15, 0.2) is 188 Å². The molecule has 9 aromatic rings. The lowest BCUT2D eigenvalue weighted by atomic mass is 9.78. The summed E-state index contributed by atoms with van der Waals surface area (Å²) < 4.78 is 9.59. The van der Waals surface area contributed by atoms with Crippen molar-refractivity contribution in [1.29, 1.82) is 0 Å². The average Bonchev–Trinajstić information content (AvgIpc) is 4.01. The second-order valence-corrected chi connectivity index (χ2v) is 24.7. The maximum absolute atomic E-state index is 7.26. The molecule has 5 heteroatoms. The number of anilines is 2. The largest absolute Gasteiger partial charge is 0.457 e. The lowest BCUT2D eigenvalue weighted by Gasteiger charge is -2.33. The van der Waals surface area contributed by atoms with E-state index in [1.54, 1.807) is 0 Å². The molecule has 0 aliphatic carbocycles. The van der Waals surface area contributed by atoms with Gasteiger partial charge in [0, 0.05) is 68.6 Å². The van der Waals surface area contributed by atoms with E-state index in [1.807, 2.05) is 6.20 Å². The molecule has 5 nitrogen and oxygen atoms in total. The molecule has 1 aliphatic heterocycles. The summed E-state index contributed by atoms with van der Waals surface area (Å²) in [4.78, 5) is 9.98. The molecule has 0 radical (unpaired) electrons. The number of fused-ring (bicyclic) bond motifs is 3. The zero-order chi connectivity index (χ0) is 53.2. The number of hydrogen-bond acceptors (Lipinski definition) is 4. The van der Waals surface area contributed by atoms with Gasteiger partial charge in [-0.15, -0.1) is 0 Å². The summed E-state index contributed by atoms with van der Waals surface area (Å²) in [6.07, 6.45) is 4.32. The zero-order valence-electron chi connectivity index (χ0n) is 46.9. The van der Waals surface area contributed by atoms with E-state index in [-0.39, 0.29) is 21.7 Å². The monoisotopic (exact) mass is 989 g/mol. The van der Waals surface area contributed by atoms with Crippen LogP contribution in [-0.2, 0) is 16.2 Å². The van der Waals surface area contributed by atoms with E-state index < -0.39 is 0 Å². The first kappa shape index (κ1) is 51.1. The Labute approximate surface area is 447 Å². The van der Waals surface area contributed by atoms with Gasteiger partial charge in [-0.25, -0.2) is 4.98 Å². The number of pyridine rings is 1. The van der Waals surface area contributed by atoms with Crippen LogP contribution in [0.1, 0.15) is 148 Å². The van der Waals surface area contributed by atoms with Gasteiger partial charge in [0.1, 0.15) is 17.3 Å². The van der Waals surface area contributed by atoms with Crippen molar-refractivity contribution in [3.05, 3.63) is 227 Å². The van der Waals surface area contributed by atoms with Gasteiger partial charge in [-0.2, -0.15) is 0 Å². The van der Waals surface area contributed by atoms with Crippen LogP contribution in [-0.4, -0.2) is 16.2 Å². The SMILES string of the molecule is CC(C)c1cccc(C(C)C)c1-c1cc(Oc2ccc3c4cc(C(C)(C)c5ccccc5)ccc4n(-c4cc(C(C)(C)C)ccn4)c3c2)cc(N2C=C(C(C)(C)C)N(c3cccc(C(C)(C)c4ccccc4)c3)C2)c1. The maximum atomic E-state index is 7.26. The summed E-state index contributed by atoms with van der Waals surface area (Å²) in [6, 6.07) is 62.5. The molecule has 0 unspecified atom stereocenters. The second-order valence-electron chi connectivity index (χ2n) is 24.7. The van der Waals surface area contributed by atoms with E-state index in [2.05, 4.69) is 287 Å². The Balaban J connectivity index is 1.12. The standard InChI is InChI=1S/C70H76N4O/c1-46(2)58-29-22-30-59(47(3)4)66(58)48-37-55(72-44-64(68(8,9)10)73(45-72)54-28-21-27-52(39-54)69(11,12)49-23-17-15-18-24-49)42-57(38-48)75-56-32-33-60-61-40-53(70(13,14)50-25-19-16-20-26-50)31-34-62(61)74(63(60)43-56)65-41-51(35-36-71-65)67(5,6)7/h15-44,46-47H,45H2,1-14H3. The topological polar surface area (TPSA) is 33.5 Å². The molecular weight excluding hydrogens is 913 g/mol. The molecule has 0 atom stereocenters. The third kappa shape index (κ3) is 9.79. The number of allylic oxidation sites excluding steroid dienone is 1. The molecule has 0 bridgehead atoms. The Morgan fingerprint density at radius 1 is 0.467 bits per heavy atom. The second kappa shape index (κ2) is 19.4. The molecule has 0 spiro atoms. The highest BCUT2D eigenvalue weighted by Gasteiger charge is 2.34. The van der Waals surface area contributed by atoms with Crippen LogP contribution in [0.25, 0.3) is 38.8 Å². The highest BCUT2D eigenvalue weighted by atomic mass is 16.5. The molecule has 0 saturated carbocycles. The smallest absolute Gasteiger partial charge is 0.137 e. The highest BCUT2D eigenvalue weighted by molar-refractivity contribution is 6.10. The molecule has 10 rings (SSSR count). The van der Waals surface area contributed by atoms with Gasteiger partial charge in [0.2, 0.25) is 0 Å². The lowest BCUT2D eigenvalue weighted by molar-refractivity contribution is 0.483. The first-order chi connectivity index (χ1) is 35.6. The number of nitrogens with zero attached hydrogens (tertiary/aromatic N) is 4. The van der Waals surface area contributed by atoms with Gasteiger partial charge in [-0.1, -0.05) is 194 Å². The van der Waals surface area contributed by atoms with Gasteiger partial charge < -0.3 is 14.5 Å². The summed E-state index contributed by atoms with van der Waals surface area (Å²) in [7, 11) is 0. The van der Waals surface area contributed by atoms with Crippen LogP contribution in [0.3, 0.4) is 0 Å². The van der Waals surface area contributed by atoms with Crippen LogP contribution >= 0.6 is 0 Å². The van der Waals surface area contributed by atoms with Crippen LogP contribution in [0.5, 0.6) is 11.5 Å². The molecule has 0 fully saturated rings. The molecule has 7 aromatic carbocycles. The molecule has 2 aromatic heterocycles. The maximum Gasteiger partial charge on any atom is 0.137 e. The fraction of sp³-hybridized carbons (Fsp3) is 0.300. The first-order valence-electron chi connectivity index (χ1n) is 27.1. The molecular formula is C70H76N4O. The Morgan fingerprint density at radius 3 is 1.69 bits per heavy atom. The van der Waals surface area contributed by atoms with Crippen molar-refractivity contribution in [1.82, 2.24) is 9.55 Å². The quantitative estimate of drug-likeness (QED) is 0.122. The third-order valence-electron chi connectivity index (χ3n) is 15.9. The van der Waals surface area contributed by atoms with E-state index in [1.165, 1.54) is 61.3 Å². The Morgan fingerprint density at radius 2 is 1.08 bits per heavy atom. The molecule has 0 saturated heterocycles. The molecule has 382 valence electrons. The number of ether oxygens (including phenoxy) is 1. The third-order valence-corrected chi connectivity index (χ3v) is 15.9. The fourth-order valence-electron chi connectivity index (χ4n) is 11.2. The van der Waals surface area contributed by atoms with Gasteiger partial charge in [0.15, 0.2) is 0 Å². The first-order valence-corrected chi connectivity index (χ1v) is 27.1. The average molecular weight is 989 g/mol. The van der Waals surface area contributed by atoms with Gasteiger partial charge >= 0.3 is 0 Å². The van der Waals surface area contributed by atoms with Crippen molar-refractivity contribution >= 4 is 33.2 Å². The molecule has 75 heavy (non-hydrogen) atoms. The predicted molar refractivity (Wildman–Crippen MR) is 318 cm³/mol. The fourth-order valence-corrected chi connectivity index (χ4v) is 11.2. The minimum atomic E-state index is -0.206. The molecule has 3 heterocycles. The number of hydrogen-bond donors (Lipinski definition) is 0. The number of rotatable bonds is 12. The van der Waals surface area contributed by atoms with Crippen LogP contribution in [0, 0.1) is 5.41 Å². The zero-order valence-corrected chi connectivity index (χ0v) is 46.9. The van der Waals surface area contributed by atoms with Crippen LogP contribution in [0.2, 0.25) is 0 Å². The van der Waals surface area contributed by atoms with Crippen molar-refractivity contribution in [3.8, 4) is 28.4 Å². The van der Waals surface area contributed by atoms with Crippen molar-refractivity contribution in [2.45, 2.75) is 125 Å². The summed E-state index contributed by atoms with van der Waals surface area (Å²) in [5.41, 5.74) is 16.6. The molecule has 1 aliphatic rings. The summed E-state index contributed by atoms with van der Waals surface area (Å²) >= 11 is 0. The van der Waals surface area contributed by atoms with Gasteiger partial charge in [0.05, 0.1) is 17.7 Å². The van der Waals surface area contributed by atoms with E-state index in [4.69, 9.17) is 9.72 Å². The van der Waals surface area contributed by atoms with E-state index >= 15 is 0 Å². The Bertz CT molecular complexity index is 3550. The van der Waals surface area contributed by atoms with E-state index in [0.29, 0.717) is 18.5 Å². The molecule has 0 amide bonds. The summed E-state index contributed by atoms with van der Waals surface area (Å²) in [5.74, 6) is 3.08. The minimum absolute atomic E-state index is 0.0531. The normalized spacial score (nSPS) is 13.7. The van der Waals surface area contributed by atoms with Crippen molar-refractivity contribution < 1.29 is 4.74 Å². The summed E-state index contributed by atoms with van der Waals surface area (Å²) in [6.45, 7) is 32.9. The Kier molecular flexibility index (Phi) is 13.2.